The zero-order valence-electron chi connectivity index (χ0n) is 18.9. The highest BCUT2D eigenvalue weighted by Gasteiger charge is 2.34. The molecule has 2 heterocycles. The SMILES string of the molecule is O=[N+]([O-])c1cnc(NCc2ccccc2OC(F)(F)F)nc1NC[C@H]1CC[C@H](N2CC(O)C2)CC1. The number of rotatable bonds is 9. The lowest BCUT2D eigenvalue weighted by Gasteiger charge is -2.44. The third kappa shape index (κ3) is 6.69. The van der Waals surface area contributed by atoms with Gasteiger partial charge in [0.05, 0.1) is 11.0 Å². The molecule has 1 aliphatic carbocycles. The van der Waals surface area contributed by atoms with Gasteiger partial charge in [-0.25, -0.2) is 4.98 Å². The molecule has 0 bridgehead atoms. The van der Waals surface area contributed by atoms with Gasteiger partial charge in [0.1, 0.15) is 11.9 Å². The second-order valence-electron chi connectivity index (χ2n) is 8.86. The van der Waals surface area contributed by atoms with Gasteiger partial charge in [-0.15, -0.1) is 13.2 Å². The molecule has 1 aliphatic heterocycles. The van der Waals surface area contributed by atoms with Crippen LogP contribution in [0.4, 0.5) is 30.6 Å². The molecule has 13 heteroatoms. The van der Waals surface area contributed by atoms with E-state index in [1.165, 1.54) is 18.2 Å². The van der Waals surface area contributed by atoms with E-state index in [1.54, 1.807) is 6.07 Å². The molecule has 0 atom stereocenters. The summed E-state index contributed by atoms with van der Waals surface area (Å²) < 4.78 is 42.0. The Morgan fingerprint density at radius 3 is 2.54 bits per heavy atom. The summed E-state index contributed by atoms with van der Waals surface area (Å²) in [5, 5.41) is 26.8. The van der Waals surface area contributed by atoms with Crippen molar-refractivity contribution in [3.8, 4) is 5.75 Å². The van der Waals surface area contributed by atoms with E-state index in [0.717, 1.165) is 45.0 Å². The Morgan fingerprint density at radius 1 is 1.17 bits per heavy atom. The number of hydrogen-bond donors (Lipinski definition) is 3. The number of alkyl halides is 3. The summed E-state index contributed by atoms with van der Waals surface area (Å²) in [6.07, 6.45) is -0.0294. The van der Waals surface area contributed by atoms with Crippen LogP contribution in [0.5, 0.6) is 5.75 Å². The van der Waals surface area contributed by atoms with Crippen LogP contribution in [0.3, 0.4) is 0 Å². The average molecular weight is 496 g/mol. The Kier molecular flexibility index (Phi) is 7.55. The predicted octanol–water partition coefficient (Wildman–Crippen LogP) is 3.54. The van der Waals surface area contributed by atoms with Crippen LogP contribution in [-0.4, -0.2) is 63.0 Å². The Morgan fingerprint density at radius 2 is 1.89 bits per heavy atom. The zero-order valence-corrected chi connectivity index (χ0v) is 18.9. The van der Waals surface area contributed by atoms with Gasteiger partial charge in [0.25, 0.3) is 0 Å². The molecule has 190 valence electrons. The molecular formula is C22H27F3N6O4. The maximum Gasteiger partial charge on any atom is 0.573 e. The highest BCUT2D eigenvalue weighted by atomic mass is 19.4. The quantitative estimate of drug-likeness (QED) is 0.353. The first-order valence-electron chi connectivity index (χ1n) is 11.4. The first-order valence-corrected chi connectivity index (χ1v) is 11.4. The molecule has 0 radical (unpaired) electrons. The smallest absolute Gasteiger partial charge is 0.405 e. The van der Waals surface area contributed by atoms with Gasteiger partial charge in [-0.3, -0.25) is 15.0 Å². The fraction of sp³-hybridized carbons (Fsp3) is 0.545. The molecule has 1 saturated heterocycles. The number of aliphatic hydroxyl groups is 1. The topological polar surface area (TPSA) is 126 Å². The van der Waals surface area contributed by atoms with Gasteiger partial charge in [-0.2, -0.15) is 4.98 Å². The number of anilines is 2. The van der Waals surface area contributed by atoms with E-state index in [0.29, 0.717) is 18.5 Å². The summed E-state index contributed by atoms with van der Waals surface area (Å²) in [4.78, 5) is 21.3. The molecule has 1 saturated carbocycles. The van der Waals surface area contributed by atoms with Crippen molar-refractivity contribution in [3.63, 3.8) is 0 Å². The Bertz CT molecular complexity index is 1030. The monoisotopic (exact) mass is 496 g/mol. The second kappa shape index (κ2) is 10.6. The van der Waals surface area contributed by atoms with E-state index in [1.807, 2.05) is 0 Å². The minimum atomic E-state index is -4.83. The van der Waals surface area contributed by atoms with Crippen molar-refractivity contribution in [2.24, 2.45) is 5.92 Å². The Balaban J connectivity index is 1.35. The molecular weight excluding hydrogens is 469 g/mol. The number of halogens is 3. The minimum absolute atomic E-state index is 0.0416. The van der Waals surface area contributed by atoms with Gasteiger partial charge >= 0.3 is 12.0 Å². The number of ether oxygens (including phenoxy) is 1. The number of benzene rings is 1. The van der Waals surface area contributed by atoms with Crippen molar-refractivity contribution in [2.75, 3.05) is 30.3 Å². The van der Waals surface area contributed by atoms with E-state index in [9.17, 15) is 28.4 Å². The summed E-state index contributed by atoms with van der Waals surface area (Å²) in [5.41, 5.74) is -0.0487. The molecule has 10 nitrogen and oxygen atoms in total. The number of β-amino-alcohol motifs (C(OH)–C–C–N with tert-alkyl or cyclic N) is 1. The largest absolute Gasteiger partial charge is 0.573 e. The minimum Gasteiger partial charge on any atom is -0.405 e. The number of para-hydroxylation sites is 1. The molecule has 2 fully saturated rings. The zero-order chi connectivity index (χ0) is 25.0. The van der Waals surface area contributed by atoms with E-state index < -0.39 is 11.3 Å². The van der Waals surface area contributed by atoms with Crippen LogP contribution in [0.15, 0.2) is 30.5 Å². The maximum atomic E-state index is 12.6. The fourth-order valence-electron chi connectivity index (χ4n) is 4.51. The van der Waals surface area contributed by atoms with Crippen LogP contribution in [0.25, 0.3) is 0 Å². The molecule has 1 aromatic heterocycles. The van der Waals surface area contributed by atoms with Gasteiger partial charge in [-0.1, -0.05) is 18.2 Å². The third-order valence-electron chi connectivity index (χ3n) is 6.38. The summed E-state index contributed by atoms with van der Waals surface area (Å²) in [6, 6.07) is 6.14. The highest BCUT2D eigenvalue weighted by Crippen LogP contribution is 2.31. The number of aromatic nitrogens is 2. The normalized spacial score (nSPS) is 21.3. The maximum absolute atomic E-state index is 12.6. The van der Waals surface area contributed by atoms with Crippen LogP contribution in [0.1, 0.15) is 31.2 Å². The van der Waals surface area contributed by atoms with Crippen molar-refractivity contribution in [1.29, 1.82) is 0 Å². The number of nitro groups is 1. The van der Waals surface area contributed by atoms with E-state index in [2.05, 4.69) is 30.2 Å². The lowest BCUT2D eigenvalue weighted by Crippen LogP contribution is -2.56. The number of hydrogen-bond acceptors (Lipinski definition) is 9. The molecule has 35 heavy (non-hydrogen) atoms. The van der Waals surface area contributed by atoms with Gasteiger partial charge < -0.3 is 20.5 Å². The molecule has 0 spiro atoms. The molecule has 1 aromatic carbocycles. The Labute approximate surface area is 199 Å². The van der Waals surface area contributed by atoms with Crippen LogP contribution in [0.2, 0.25) is 0 Å². The number of nitrogens with one attached hydrogen (secondary N) is 2. The Hall–Kier alpha value is -3.19. The van der Waals surface area contributed by atoms with Gasteiger partial charge in [-0.05, 0) is 37.7 Å². The number of aliphatic hydroxyl groups excluding tert-OH is 1. The molecule has 2 aliphatic rings. The van der Waals surface area contributed by atoms with Gasteiger partial charge in [0.2, 0.25) is 11.8 Å². The summed E-state index contributed by atoms with van der Waals surface area (Å²) in [5.74, 6) is 0.0752. The van der Waals surface area contributed by atoms with Crippen molar-refractivity contribution in [3.05, 3.63) is 46.1 Å². The third-order valence-corrected chi connectivity index (χ3v) is 6.38. The summed E-state index contributed by atoms with van der Waals surface area (Å²) in [7, 11) is 0. The van der Waals surface area contributed by atoms with Gasteiger partial charge in [0.15, 0.2) is 0 Å². The molecule has 2 aromatic rings. The van der Waals surface area contributed by atoms with E-state index >= 15 is 0 Å². The second-order valence-corrected chi connectivity index (χ2v) is 8.86. The van der Waals surface area contributed by atoms with E-state index in [4.69, 9.17) is 0 Å². The first kappa shape index (κ1) is 24.9. The summed E-state index contributed by atoms with van der Waals surface area (Å²) in [6.45, 7) is 1.89. The molecule has 4 rings (SSSR count). The van der Waals surface area contributed by atoms with Crippen LogP contribution in [-0.2, 0) is 6.54 Å². The van der Waals surface area contributed by atoms with Crippen molar-refractivity contribution >= 4 is 17.5 Å². The average Bonchev–Trinajstić information content (AvgIpc) is 2.79. The van der Waals surface area contributed by atoms with Crippen LogP contribution in [0, 0.1) is 16.0 Å². The standard InChI is InChI=1S/C22H27F3N6O4/c23-22(24,25)35-19-4-2-1-3-15(19)10-27-21-28-11-18(31(33)34)20(29-21)26-9-14-5-7-16(8-6-14)30-12-17(32)13-30/h1-4,11,14,16-17,32H,5-10,12-13H2,(H2,26,27,28,29)/t14-,16-. The van der Waals surface area contributed by atoms with E-state index in [-0.39, 0.29) is 41.4 Å². The van der Waals surface area contributed by atoms with Gasteiger partial charge in [0, 0.05) is 37.8 Å². The molecule has 3 N–H and O–H groups in total. The predicted molar refractivity (Wildman–Crippen MR) is 121 cm³/mol. The lowest BCUT2D eigenvalue weighted by atomic mass is 9.84. The summed E-state index contributed by atoms with van der Waals surface area (Å²) >= 11 is 0. The van der Waals surface area contributed by atoms with Crippen molar-refractivity contribution in [2.45, 2.75) is 50.7 Å². The molecule has 0 unspecified atom stereocenters. The lowest BCUT2D eigenvalue weighted by molar-refractivity contribution is -0.384. The van der Waals surface area contributed by atoms with Crippen LogP contribution >= 0.6 is 0 Å². The first-order chi connectivity index (χ1) is 16.7. The number of nitrogens with zero attached hydrogens (tertiary/aromatic N) is 4. The molecule has 0 amide bonds. The fourth-order valence-corrected chi connectivity index (χ4v) is 4.51. The van der Waals surface area contributed by atoms with Crippen molar-refractivity contribution in [1.82, 2.24) is 14.9 Å². The number of likely N-dealkylation sites (tertiary alicyclic amines) is 1. The van der Waals surface area contributed by atoms with Crippen molar-refractivity contribution < 1.29 is 27.9 Å². The van der Waals surface area contributed by atoms with Crippen LogP contribution < -0.4 is 15.4 Å². The highest BCUT2D eigenvalue weighted by molar-refractivity contribution is 5.57.